The summed E-state index contributed by atoms with van der Waals surface area (Å²) in [6, 6.07) is 5.88. The van der Waals surface area contributed by atoms with Gasteiger partial charge < -0.3 is 9.88 Å². The summed E-state index contributed by atoms with van der Waals surface area (Å²) in [4.78, 5) is 12.1. The molecule has 0 aliphatic rings. The lowest BCUT2D eigenvalue weighted by Gasteiger charge is -2.06. The maximum atomic E-state index is 12.1. The quantitative estimate of drug-likeness (QED) is 0.732. The Morgan fingerprint density at radius 1 is 1.50 bits per heavy atom. The van der Waals surface area contributed by atoms with Crippen LogP contribution in [-0.2, 0) is 13.6 Å². The van der Waals surface area contributed by atoms with Crippen molar-refractivity contribution < 1.29 is 4.79 Å². The van der Waals surface area contributed by atoms with Crippen LogP contribution >= 0.6 is 11.3 Å². The molecule has 0 spiro atoms. The van der Waals surface area contributed by atoms with Gasteiger partial charge in [0, 0.05) is 32.5 Å². The SMILES string of the molecule is Cn1c(C(=O)NCCCn2cccn2)cc2sccc21. The van der Waals surface area contributed by atoms with E-state index < -0.39 is 0 Å². The largest absolute Gasteiger partial charge is 0.351 e. The molecule has 0 radical (unpaired) electrons. The van der Waals surface area contributed by atoms with Crippen molar-refractivity contribution in [3.05, 3.63) is 41.7 Å². The molecule has 0 unspecified atom stereocenters. The molecule has 20 heavy (non-hydrogen) atoms. The van der Waals surface area contributed by atoms with Gasteiger partial charge in [-0.3, -0.25) is 9.48 Å². The molecule has 3 aromatic heterocycles. The van der Waals surface area contributed by atoms with Gasteiger partial charge in [-0.15, -0.1) is 11.3 Å². The van der Waals surface area contributed by atoms with E-state index in [1.54, 1.807) is 17.5 Å². The number of aromatic nitrogens is 3. The summed E-state index contributed by atoms with van der Waals surface area (Å²) in [5.74, 6) is -0.0173. The molecule has 1 amide bonds. The fourth-order valence-electron chi connectivity index (χ4n) is 2.23. The van der Waals surface area contributed by atoms with Crippen LogP contribution in [0.1, 0.15) is 16.9 Å². The molecule has 0 bridgehead atoms. The highest BCUT2D eigenvalue weighted by molar-refractivity contribution is 7.17. The van der Waals surface area contributed by atoms with Gasteiger partial charge in [-0.2, -0.15) is 5.10 Å². The van der Waals surface area contributed by atoms with Crippen molar-refractivity contribution in [1.29, 1.82) is 0 Å². The summed E-state index contributed by atoms with van der Waals surface area (Å²) in [5.41, 5.74) is 1.82. The summed E-state index contributed by atoms with van der Waals surface area (Å²) >= 11 is 1.65. The van der Waals surface area contributed by atoms with Gasteiger partial charge in [0.15, 0.2) is 0 Å². The zero-order valence-electron chi connectivity index (χ0n) is 11.2. The van der Waals surface area contributed by atoms with Gasteiger partial charge in [-0.1, -0.05) is 0 Å². The van der Waals surface area contributed by atoms with E-state index in [0.29, 0.717) is 12.2 Å². The van der Waals surface area contributed by atoms with E-state index in [9.17, 15) is 4.79 Å². The molecule has 0 saturated heterocycles. The Labute approximate surface area is 120 Å². The highest BCUT2D eigenvalue weighted by Gasteiger charge is 2.13. The third-order valence-electron chi connectivity index (χ3n) is 3.31. The van der Waals surface area contributed by atoms with Crippen molar-refractivity contribution in [2.24, 2.45) is 7.05 Å². The molecule has 5 nitrogen and oxygen atoms in total. The lowest BCUT2D eigenvalue weighted by molar-refractivity contribution is 0.0945. The van der Waals surface area contributed by atoms with Crippen LogP contribution < -0.4 is 5.32 Å². The predicted octanol–water partition coefficient (Wildman–Crippen LogP) is 2.26. The molecule has 0 aliphatic heterocycles. The number of hydrogen-bond acceptors (Lipinski definition) is 3. The number of nitrogens with zero attached hydrogens (tertiary/aromatic N) is 3. The van der Waals surface area contributed by atoms with Crippen LogP contribution in [0.25, 0.3) is 10.2 Å². The van der Waals surface area contributed by atoms with Crippen molar-refractivity contribution in [2.45, 2.75) is 13.0 Å². The summed E-state index contributed by atoms with van der Waals surface area (Å²) in [7, 11) is 1.92. The van der Waals surface area contributed by atoms with Crippen LogP contribution in [-0.4, -0.2) is 26.8 Å². The molecule has 0 aliphatic carbocycles. The Bertz CT molecular complexity index is 711. The summed E-state index contributed by atoms with van der Waals surface area (Å²) in [5, 5.41) is 9.12. The second-order valence-corrected chi connectivity index (χ2v) is 5.58. The van der Waals surface area contributed by atoms with E-state index in [0.717, 1.165) is 23.2 Å². The molecule has 3 heterocycles. The van der Waals surface area contributed by atoms with Gasteiger partial charge in [0.05, 0.1) is 10.2 Å². The van der Waals surface area contributed by atoms with E-state index in [4.69, 9.17) is 0 Å². The number of rotatable bonds is 5. The Morgan fingerprint density at radius 3 is 3.15 bits per heavy atom. The monoisotopic (exact) mass is 288 g/mol. The van der Waals surface area contributed by atoms with E-state index in [1.165, 1.54) is 0 Å². The minimum atomic E-state index is -0.0173. The predicted molar refractivity (Wildman–Crippen MR) is 80.0 cm³/mol. The highest BCUT2D eigenvalue weighted by Crippen LogP contribution is 2.23. The zero-order chi connectivity index (χ0) is 13.9. The molecule has 0 aromatic carbocycles. The van der Waals surface area contributed by atoms with Crippen molar-refractivity contribution in [1.82, 2.24) is 19.7 Å². The molecule has 0 fully saturated rings. The summed E-state index contributed by atoms with van der Waals surface area (Å²) in [6.07, 6.45) is 4.55. The summed E-state index contributed by atoms with van der Waals surface area (Å²) < 4.78 is 4.95. The fourth-order valence-corrected chi connectivity index (χ4v) is 3.08. The minimum Gasteiger partial charge on any atom is -0.351 e. The van der Waals surface area contributed by atoms with Crippen LogP contribution in [0.4, 0.5) is 0 Å². The first kappa shape index (κ1) is 12.9. The fraction of sp³-hybridized carbons (Fsp3) is 0.286. The molecule has 3 rings (SSSR count). The normalized spacial score (nSPS) is 11.1. The molecule has 3 aromatic rings. The number of amides is 1. The summed E-state index contributed by atoms with van der Waals surface area (Å²) in [6.45, 7) is 1.47. The Balaban J connectivity index is 1.56. The zero-order valence-corrected chi connectivity index (χ0v) is 12.1. The number of aryl methyl sites for hydroxylation is 2. The van der Waals surface area contributed by atoms with Crippen molar-refractivity contribution in [2.75, 3.05) is 6.54 Å². The first-order valence-corrected chi connectivity index (χ1v) is 7.42. The highest BCUT2D eigenvalue weighted by atomic mass is 32.1. The van der Waals surface area contributed by atoms with Crippen LogP contribution in [0, 0.1) is 0 Å². The minimum absolute atomic E-state index is 0.0173. The molecular formula is C14H16N4OS. The number of fused-ring (bicyclic) bond motifs is 1. The van der Waals surface area contributed by atoms with Gasteiger partial charge in [-0.25, -0.2) is 0 Å². The topological polar surface area (TPSA) is 51.9 Å². The maximum Gasteiger partial charge on any atom is 0.267 e. The van der Waals surface area contributed by atoms with Gasteiger partial charge in [-0.05, 0) is 30.0 Å². The smallest absolute Gasteiger partial charge is 0.267 e. The second-order valence-electron chi connectivity index (χ2n) is 4.64. The first-order valence-electron chi connectivity index (χ1n) is 6.54. The number of thiophene rings is 1. The molecule has 0 atom stereocenters. The molecule has 1 N–H and O–H groups in total. The maximum absolute atomic E-state index is 12.1. The van der Waals surface area contributed by atoms with Crippen LogP contribution in [0.15, 0.2) is 36.0 Å². The van der Waals surface area contributed by atoms with Gasteiger partial charge in [0.25, 0.3) is 5.91 Å². The number of nitrogens with one attached hydrogen (secondary N) is 1. The van der Waals surface area contributed by atoms with Crippen molar-refractivity contribution >= 4 is 27.5 Å². The van der Waals surface area contributed by atoms with E-state index in [1.807, 2.05) is 46.1 Å². The molecular weight excluding hydrogens is 272 g/mol. The average molecular weight is 288 g/mol. The third kappa shape index (κ3) is 2.46. The number of carbonyl (C=O) groups excluding carboxylic acids is 1. The molecule has 104 valence electrons. The Morgan fingerprint density at radius 2 is 2.40 bits per heavy atom. The standard InChI is InChI=1S/C14H16N4OS/c1-17-11-4-9-20-13(11)10-12(17)14(19)15-5-2-7-18-8-3-6-16-18/h3-4,6,8-10H,2,5,7H2,1H3,(H,15,19). The van der Waals surface area contributed by atoms with Crippen molar-refractivity contribution in [3.63, 3.8) is 0 Å². The van der Waals surface area contributed by atoms with Gasteiger partial charge >= 0.3 is 0 Å². The Hall–Kier alpha value is -2.08. The second kappa shape index (κ2) is 5.50. The van der Waals surface area contributed by atoms with Crippen molar-refractivity contribution in [3.8, 4) is 0 Å². The van der Waals surface area contributed by atoms with E-state index in [-0.39, 0.29) is 5.91 Å². The number of hydrogen-bond donors (Lipinski definition) is 1. The lowest BCUT2D eigenvalue weighted by atomic mass is 10.3. The molecule has 0 saturated carbocycles. The third-order valence-corrected chi connectivity index (χ3v) is 4.16. The average Bonchev–Trinajstić information content (AvgIpc) is 3.14. The van der Waals surface area contributed by atoms with E-state index >= 15 is 0 Å². The molecule has 6 heteroatoms. The first-order chi connectivity index (χ1) is 9.75. The van der Waals surface area contributed by atoms with Crippen LogP contribution in [0.3, 0.4) is 0 Å². The van der Waals surface area contributed by atoms with Gasteiger partial charge in [0.2, 0.25) is 0 Å². The Kier molecular flexibility index (Phi) is 3.56. The van der Waals surface area contributed by atoms with Crippen LogP contribution in [0.5, 0.6) is 0 Å². The van der Waals surface area contributed by atoms with Gasteiger partial charge in [0.1, 0.15) is 5.69 Å². The lowest BCUT2D eigenvalue weighted by Crippen LogP contribution is -2.27. The van der Waals surface area contributed by atoms with Crippen LogP contribution in [0.2, 0.25) is 0 Å². The van der Waals surface area contributed by atoms with E-state index in [2.05, 4.69) is 10.4 Å². The number of carbonyl (C=O) groups is 1.